The number of hydrogen-bond acceptors (Lipinski definition) is 3. The van der Waals surface area contributed by atoms with Crippen LogP contribution in [0.3, 0.4) is 0 Å². The van der Waals surface area contributed by atoms with Crippen LogP contribution in [0.2, 0.25) is 0 Å². The van der Waals surface area contributed by atoms with E-state index in [0.29, 0.717) is 24.6 Å². The van der Waals surface area contributed by atoms with E-state index in [-0.39, 0.29) is 13.0 Å². The fourth-order valence-electron chi connectivity index (χ4n) is 2.02. The molecule has 2 rings (SSSR count). The highest BCUT2D eigenvalue weighted by molar-refractivity contribution is 5.00. The predicted molar refractivity (Wildman–Crippen MR) is 55.3 cm³/mol. The molecule has 0 aliphatic carbocycles. The SMILES string of the molecule is CCNCc1nnc2n1CC(C(F)(F)F)CC2. The minimum absolute atomic E-state index is 0.0490. The number of aryl methyl sites for hydroxylation is 1. The molecule has 0 radical (unpaired) electrons. The molecule has 1 aliphatic heterocycles. The van der Waals surface area contributed by atoms with Gasteiger partial charge in [0.05, 0.1) is 12.5 Å². The molecule has 7 heteroatoms. The molecule has 1 N–H and O–H groups in total. The van der Waals surface area contributed by atoms with Gasteiger partial charge >= 0.3 is 6.18 Å². The van der Waals surface area contributed by atoms with Crippen molar-refractivity contribution in [2.45, 2.75) is 39.0 Å². The average Bonchev–Trinajstić information content (AvgIpc) is 2.67. The van der Waals surface area contributed by atoms with E-state index >= 15 is 0 Å². The van der Waals surface area contributed by atoms with Gasteiger partial charge in [0, 0.05) is 13.0 Å². The summed E-state index contributed by atoms with van der Waals surface area (Å²) >= 11 is 0. The largest absolute Gasteiger partial charge is 0.393 e. The summed E-state index contributed by atoms with van der Waals surface area (Å²) in [5, 5.41) is 10.9. The minimum atomic E-state index is -4.13. The quantitative estimate of drug-likeness (QED) is 0.881. The van der Waals surface area contributed by atoms with Crippen LogP contribution in [0.1, 0.15) is 25.0 Å². The second-order valence-corrected chi connectivity index (χ2v) is 4.20. The fraction of sp³-hybridized carbons (Fsp3) is 0.800. The minimum Gasteiger partial charge on any atom is -0.313 e. The molecule has 0 bridgehead atoms. The van der Waals surface area contributed by atoms with E-state index in [1.165, 1.54) is 0 Å². The first kappa shape index (κ1) is 12.3. The maximum atomic E-state index is 12.7. The Bertz CT molecular complexity index is 385. The molecular weight excluding hydrogens is 233 g/mol. The van der Waals surface area contributed by atoms with E-state index in [2.05, 4.69) is 15.5 Å². The van der Waals surface area contributed by atoms with Crippen LogP contribution in [0.25, 0.3) is 0 Å². The van der Waals surface area contributed by atoms with Crippen molar-refractivity contribution in [2.24, 2.45) is 5.92 Å². The van der Waals surface area contributed by atoms with Crippen LogP contribution in [-0.2, 0) is 19.5 Å². The smallest absolute Gasteiger partial charge is 0.313 e. The Kier molecular flexibility index (Phi) is 3.37. The molecule has 1 aromatic heterocycles. The van der Waals surface area contributed by atoms with Crippen LogP contribution < -0.4 is 5.32 Å². The number of nitrogens with one attached hydrogen (secondary N) is 1. The normalized spacial score (nSPS) is 20.4. The van der Waals surface area contributed by atoms with E-state index < -0.39 is 12.1 Å². The van der Waals surface area contributed by atoms with E-state index in [0.717, 1.165) is 6.54 Å². The second-order valence-electron chi connectivity index (χ2n) is 4.20. The highest BCUT2D eigenvalue weighted by Crippen LogP contribution is 2.34. The Morgan fingerprint density at radius 1 is 1.41 bits per heavy atom. The van der Waals surface area contributed by atoms with Gasteiger partial charge in [-0.15, -0.1) is 10.2 Å². The summed E-state index contributed by atoms with van der Waals surface area (Å²) in [6, 6.07) is 0. The molecule has 2 heterocycles. The molecule has 0 saturated heterocycles. The summed E-state index contributed by atoms with van der Waals surface area (Å²) < 4.78 is 39.6. The maximum Gasteiger partial charge on any atom is 0.393 e. The van der Waals surface area contributed by atoms with Crippen LogP contribution in [0.15, 0.2) is 0 Å². The second kappa shape index (κ2) is 4.64. The lowest BCUT2D eigenvalue weighted by atomic mass is 9.99. The summed E-state index contributed by atoms with van der Waals surface area (Å²) in [5.41, 5.74) is 0. The van der Waals surface area contributed by atoms with Crippen molar-refractivity contribution in [3.05, 3.63) is 11.6 Å². The monoisotopic (exact) mass is 248 g/mol. The van der Waals surface area contributed by atoms with Crippen molar-refractivity contribution in [2.75, 3.05) is 6.54 Å². The van der Waals surface area contributed by atoms with Crippen molar-refractivity contribution < 1.29 is 13.2 Å². The Balaban J connectivity index is 2.14. The van der Waals surface area contributed by atoms with Crippen LogP contribution in [0.4, 0.5) is 13.2 Å². The number of nitrogens with zero attached hydrogens (tertiary/aromatic N) is 3. The van der Waals surface area contributed by atoms with Crippen molar-refractivity contribution in [1.82, 2.24) is 20.1 Å². The van der Waals surface area contributed by atoms with Gasteiger partial charge in [-0.3, -0.25) is 0 Å². The highest BCUT2D eigenvalue weighted by atomic mass is 19.4. The molecule has 1 unspecified atom stereocenters. The lowest BCUT2D eigenvalue weighted by Crippen LogP contribution is -2.33. The Morgan fingerprint density at radius 2 is 2.18 bits per heavy atom. The predicted octanol–water partition coefficient (Wildman–Crippen LogP) is 1.51. The number of fused-ring (bicyclic) bond motifs is 1. The molecule has 1 aliphatic rings. The standard InChI is InChI=1S/C10H15F3N4/c1-2-14-5-9-16-15-8-4-3-7(6-17(8)9)10(11,12)13/h7,14H,2-6H2,1H3. The summed E-state index contributed by atoms with van der Waals surface area (Å²) in [4.78, 5) is 0. The summed E-state index contributed by atoms with van der Waals surface area (Å²) in [6.45, 7) is 3.11. The first-order valence-corrected chi connectivity index (χ1v) is 5.70. The lowest BCUT2D eigenvalue weighted by Gasteiger charge is -2.26. The highest BCUT2D eigenvalue weighted by Gasteiger charge is 2.42. The molecule has 0 aromatic carbocycles. The number of rotatable bonds is 3. The van der Waals surface area contributed by atoms with Gasteiger partial charge in [0.2, 0.25) is 0 Å². The number of hydrogen-bond donors (Lipinski definition) is 1. The molecule has 0 spiro atoms. The van der Waals surface area contributed by atoms with Crippen molar-refractivity contribution in [1.29, 1.82) is 0 Å². The van der Waals surface area contributed by atoms with Crippen molar-refractivity contribution in [3.63, 3.8) is 0 Å². The zero-order valence-electron chi connectivity index (χ0n) is 9.59. The van der Waals surface area contributed by atoms with Gasteiger partial charge in [-0.25, -0.2) is 0 Å². The lowest BCUT2D eigenvalue weighted by molar-refractivity contribution is -0.182. The molecule has 0 fully saturated rings. The third-order valence-electron chi connectivity index (χ3n) is 3.02. The molecule has 0 saturated carbocycles. The molecule has 1 atom stereocenters. The first-order valence-electron chi connectivity index (χ1n) is 5.70. The van der Waals surface area contributed by atoms with Gasteiger partial charge < -0.3 is 9.88 Å². The summed E-state index contributed by atoms with van der Waals surface area (Å²) in [5.74, 6) is -0.0134. The van der Waals surface area contributed by atoms with Crippen molar-refractivity contribution in [3.8, 4) is 0 Å². The third-order valence-corrected chi connectivity index (χ3v) is 3.02. The zero-order valence-corrected chi connectivity index (χ0v) is 9.59. The summed E-state index contributed by atoms with van der Waals surface area (Å²) in [7, 11) is 0. The van der Waals surface area contributed by atoms with Crippen LogP contribution in [0, 0.1) is 5.92 Å². The fourth-order valence-corrected chi connectivity index (χ4v) is 2.02. The van der Waals surface area contributed by atoms with Gasteiger partial charge in [0.1, 0.15) is 11.6 Å². The Morgan fingerprint density at radius 3 is 2.82 bits per heavy atom. The average molecular weight is 248 g/mol. The van der Waals surface area contributed by atoms with Gasteiger partial charge in [-0.2, -0.15) is 13.2 Å². The van der Waals surface area contributed by atoms with E-state index in [1.807, 2.05) is 6.92 Å². The summed E-state index contributed by atoms with van der Waals surface area (Å²) in [6.07, 6.45) is -3.66. The molecule has 0 amide bonds. The molecule has 1 aromatic rings. The Hall–Kier alpha value is -1.11. The number of halogens is 3. The van der Waals surface area contributed by atoms with Crippen LogP contribution >= 0.6 is 0 Å². The van der Waals surface area contributed by atoms with Crippen molar-refractivity contribution >= 4 is 0 Å². The molecule has 96 valence electrons. The Labute approximate surface area is 97.2 Å². The molecule has 17 heavy (non-hydrogen) atoms. The zero-order chi connectivity index (χ0) is 12.5. The topological polar surface area (TPSA) is 42.7 Å². The maximum absolute atomic E-state index is 12.7. The van der Waals surface area contributed by atoms with E-state index in [4.69, 9.17) is 0 Å². The van der Waals surface area contributed by atoms with Gasteiger partial charge in [-0.05, 0) is 13.0 Å². The van der Waals surface area contributed by atoms with Crippen LogP contribution in [-0.4, -0.2) is 27.5 Å². The number of aromatic nitrogens is 3. The van der Waals surface area contributed by atoms with Gasteiger partial charge in [-0.1, -0.05) is 6.92 Å². The van der Waals surface area contributed by atoms with Gasteiger partial charge in [0.25, 0.3) is 0 Å². The van der Waals surface area contributed by atoms with Crippen LogP contribution in [0.5, 0.6) is 0 Å². The van der Waals surface area contributed by atoms with Gasteiger partial charge in [0.15, 0.2) is 0 Å². The van der Waals surface area contributed by atoms with E-state index in [1.54, 1.807) is 4.57 Å². The number of alkyl halides is 3. The molecular formula is C10H15F3N4. The van der Waals surface area contributed by atoms with E-state index in [9.17, 15) is 13.2 Å². The first-order chi connectivity index (χ1) is 8.02. The molecule has 4 nitrogen and oxygen atoms in total. The third kappa shape index (κ3) is 2.59.